The Morgan fingerprint density at radius 1 is 1.15 bits per heavy atom. The van der Waals surface area contributed by atoms with Gasteiger partial charge in [0.1, 0.15) is 11.7 Å². The molecule has 0 aliphatic carbocycles. The molecule has 1 amide bonds. The normalized spacial score (nSPS) is 15.3. The van der Waals surface area contributed by atoms with Crippen molar-refractivity contribution in [2.45, 2.75) is 51.4 Å². The van der Waals surface area contributed by atoms with E-state index in [9.17, 15) is 31.2 Å². The molecule has 1 saturated heterocycles. The van der Waals surface area contributed by atoms with E-state index in [0.717, 1.165) is 16.5 Å². The van der Waals surface area contributed by atoms with E-state index in [-0.39, 0.29) is 28.0 Å². The van der Waals surface area contributed by atoms with Crippen molar-refractivity contribution in [3.05, 3.63) is 74.6 Å². The lowest BCUT2D eigenvalue weighted by Crippen LogP contribution is -2.38. The van der Waals surface area contributed by atoms with Gasteiger partial charge < -0.3 is 10.2 Å². The van der Waals surface area contributed by atoms with E-state index < -0.39 is 34.7 Å². The number of hydrogen-bond donors (Lipinski definition) is 2. The van der Waals surface area contributed by atoms with Gasteiger partial charge in [-0.15, -0.1) is 0 Å². The van der Waals surface area contributed by atoms with Crippen molar-refractivity contribution in [3.8, 4) is 0 Å². The number of aromatic nitrogens is 5. The van der Waals surface area contributed by atoms with Gasteiger partial charge in [0.15, 0.2) is 5.69 Å². The zero-order chi connectivity index (χ0) is 33.6. The van der Waals surface area contributed by atoms with Crippen molar-refractivity contribution in [1.82, 2.24) is 29.0 Å². The van der Waals surface area contributed by atoms with E-state index in [1.54, 1.807) is 26.1 Å². The number of hydrogen-bond acceptors (Lipinski definition) is 9. The molecule has 246 valence electrons. The van der Waals surface area contributed by atoms with Gasteiger partial charge in [-0.2, -0.15) is 18.3 Å². The molecule has 17 heteroatoms. The summed E-state index contributed by atoms with van der Waals surface area (Å²) in [5.74, 6) is -0.686. The molecule has 1 aliphatic rings. The second-order valence-electron chi connectivity index (χ2n) is 11.4. The molecule has 2 N–H and O–H groups in total. The number of halogens is 4. The Morgan fingerprint density at radius 3 is 2.50 bits per heavy atom. The van der Waals surface area contributed by atoms with Crippen LogP contribution in [0.3, 0.4) is 0 Å². The van der Waals surface area contributed by atoms with E-state index >= 15 is 0 Å². The summed E-state index contributed by atoms with van der Waals surface area (Å²) in [6.07, 6.45) is -1.08. The standard InChI is InChI=1S/C29H32ClF3N8O4S/c1-16-13-19(17(2)35-21-5-6-23(30)36-25(21)26(42)38-46(4,44)45)24-20(14-16)27(43)39(3)28(37-24)40-11-8-18(9-12-40)22-7-10-34-41(22)15-29(31,32)33/h5-7,10,13-14,17-18,35H,8-9,11-12,15H2,1-4H3,(H,38,42)/t17-/m1/s1. The maximum absolute atomic E-state index is 13.6. The van der Waals surface area contributed by atoms with Crippen molar-refractivity contribution in [1.29, 1.82) is 0 Å². The molecule has 12 nitrogen and oxygen atoms in total. The van der Waals surface area contributed by atoms with Crippen molar-refractivity contribution in [2.75, 3.05) is 29.6 Å². The molecule has 4 heterocycles. The number of sulfonamides is 1. The largest absolute Gasteiger partial charge is 0.408 e. The third kappa shape index (κ3) is 7.28. The van der Waals surface area contributed by atoms with E-state index in [4.69, 9.17) is 16.6 Å². The van der Waals surface area contributed by atoms with Gasteiger partial charge >= 0.3 is 6.18 Å². The number of anilines is 2. The fraction of sp³-hybridized carbons (Fsp3) is 0.414. The molecule has 0 unspecified atom stereocenters. The lowest BCUT2D eigenvalue weighted by Gasteiger charge is -2.34. The summed E-state index contributed by atoms with van der Waals surface area (Å²) in [6.45, 7) is 3.40. The van der Waals surface area contributed by atoms with Gasteiger partial charge in [-0.3, -0.25) is 18.8 Å². The monoisotopic (exact) mass is 680 g/mol. The van der Waals surface area contributed by atoms with Gasteiger partial charge in [0.25, 0.3) is 11.5 Å². The predicted molar refractivity (Wildman–Crippen MR) is 168 cm³/mol. The van der Waals surface area contributed by atoms with Crippen LogP contribution >= 0.6 is 11.6 Å². The van der Waals surface area contributed by atoms with E-state index in [0.29, 0.717) is 54.0 Å². The first-order valence-corrected chi connectivity index (χ1v) is 16.6. The van der Waals surface area contributed by atoms with Crippen LogP contribution < -0.4 is 20.5 Å². The SMILES string of the molecule is Cc1cc([C@@H](C)Nc2ccc(Cl)nc2C(=O)NS(C)(=O)=O)c2nc(N3CCC(c4ccnn4CC(F)(F)F)CC3)n(C)c(=O)c2c1. The number of carbonyl (C=O) groups is 1. The number of piperidine rings is 1. The molecule has 4 aromatic rings. The van der Waals surface area contributed by atoms with E-state index in [2.05, 4.69) is 15.4 Å². The summed E-state index contributed by atoms with van der Waals surface area (Å²) < 4.78 is 67.0. The van der Waals surface area contributed by atoms with Crippen LogP contribution in [0.1, 0.15) is 59.0 Å². The van der Waals surface area contributed by atoms with E-state index in [1.165, 1.54) is 22.9 Å². The number of aryl methyl sites for hydroxylation is 1. The fourth-order valence-corrected chi connectivity index (χ4v) is 6.35. The first kappa shape index (κ1) is 33.2. The first-order valence-electron chi connectivity index (χ1n) is 14.3. The molecule has 0 spiro atoms. The third-order valence-corrected chi connectivity index (χ3v) is 8.56. The highest BCUT2D eigenvalue weighted by Crippen LogP contribution is 2.33. The molecule has 5 rings (SSSR count). The average molecular weight is 681 g/mol. The lowest BCUT2D eigenvalue weighted by atomic mass is 9.93. The smallest absolute Gasteiger partial charge is 0.377 e. The summed E-state index contributed by atoms with van der Waals surface area (Å²) in [7, 11) is -2.25. The van der Waals surface area contributed by atoms with Crippen LogP contribution in [-0.2, 0) is 23.6 Å². The van der Waals surface area contributed by atoms with Gasteiger partial charge in [-0.05, 0) is 56.5 Å². The predicted octanol–water partition coefficient (Wildman–Crippen LogP) is 4.30. The lowest BCUT2D eigenvalue weighted by molar-refractivity contribution is -0.143. The molecule has 0 radical (unpaired) electrons. The van der Waals surface area contributed by atoms with Crippen molar-refractivity contribution in [3.63, 3.8) is 0 Å². The minimum atomic E-state index is -4.38. The maximum atomic E-state index is 13.6. The number of fused-ring (bicyclic) bond motifs is 1. The minimum absolute atomic E-state index is 0.0127. The molecular weight excluding hydrogens is 649 g/mol. The van der Waals surface area contributed by atoms with Crippen molar-refractivity contribution < 1.29 is 26.4 Å². The molecule has 1 aliphatic heterocycles. The highest BCUT2D eigenvalue weighted by atomic mass is 35.5. The zero-order valence-electron chi connectivity index (χ0n) is 25.4. The highest BCUT2D eigenvalue weighted by Gasteiger charge is 2.32. The van der Waals surface area contributed by atoms with Crippen LogP contribution in [0.5, 0.6) is 0 Å². The number of carbonyl (C=O) groups excluding carboxylic acids is 1. The van der Waals surface area contributed by atoms with Crippen LogP contribution in [0.25, 0.3) is 10.9 Å². The molecular formula is C29H32ClF3N8O4S. The van der Waals surface area contributed by atoms with Crippen LogP contribution in [0.15, 0.2) is 41.3 Å². The Kier molecular flexibility index (Phi) is 9.05. The summed E-state index contributed by atoms with van der Waals surface area (Å²) in [5.41, 5.74) is 2.10. The summed E-state index contributed by atoms with van der Waals surface area (Å²) in [4.78, 5) is 37.3. The van der Waals surface area contributed by atoms with Crippen molar-refractivity contribution in [2.24, 2.45) is 7.05 Å². The Hall–Kier alpha value is -4.18. The molecule has 1 atom stereocenters. The topological polar surface area (TPSA) is 144 Å². The minimum Gasteiger partial charge on any atom is -0.377 e. The van der Waals surface area contributed by atoms with Gasteiger partial charge in [0, 0.05) is 43.5 Å². The average Bonchev–Trinajstić information content (AvgIpc) is 3.41. The number of alkyl halides is 3. The third-order valence-electron chi connectivity index (χ3n) is 7.80. The number of nitrogens with zero attached hydrogens (tertiary/aromatic N) is 6. The molecule has 0 bridgehead atoms. The van der Waals surface area contributed by atoms with Gasteiger partial charge in [0.2, 0.25) is 16.0 Å². The molecule has 1 aromatic carbocycles. The molecule has 1 fully saturated rings. The van der Waals surface area contributed by atoms with Gasteiger partial charge in [-0.1, -0.05) is 17.7 Å². The summed E-state index contributed by atoms with van der Waals surface area (Å²) in [6, 6.07) is 7.64. The fourth-order valence-electron chi connectivity index (χ4n) is 5.77. The molecule has 46 heavy (non-hydrogen) atoms. The van der Waals surface area contributed by atoms with Gasteiger partial charge in [0.05, 0.1) is 28.9 Å². The van der Waals surface area contributed by atoms with E-state index in [1.807, 2.05) is 22.6 Å². The van der Waals surface area contributed by atoms with Crippen LogP contribution in [-0.4, -0.2) is 64.2 Å². The number of rotatable bonds is 8. The summed E-state index contributed by atoms with van der Waals surface area (Å²) in [5, 5.41) is 7.43. The van der Waals surface area contributed by atoms with Gasteiger partial charge in [-0.25, -0.2) is 23.1 Å². The molecule has 0 saturated carbocycles. The Labute approximate surface area is 267 Å². The van der Waals surface area contributed by atoms with Crippen LogP contribution in [0, 0.1) is 6.92 Å². The number of nitrogens with one attached hydrogen (secondary N) is 2. The quantitative estimate of drug-likeness (QED) is 0.261. The first-order chi connectivity index (χ1) is 21.5. The maximum Gasteiger partial charge on any atom is 0.408 e. The molecule has 3 aromatic heterocycles. The number of benzene rings is 1. The zero-order valence-corrected chi connectivity index (χ0v) is 27.0. The second-order valence-corrected chi connectivity index (χ2v) is 13.6. The van der Waals surface area contributed by atoms with Crippen molar-refractivity contribution >= 4 is 50.1 Å². The Balaban J connectivity index is 1.45. The Bertz CT molecular complexity index is 1970. The number of amides is 1. The summed E-state index contributed by atoms with van der Waals surface area (Å²) >= 11 is 6.01. The number of pyridine rings is 1. The Morgan fingerprint density at radius 2 is 1.85 bits per heavy atom. The second kappa shape index (κ2) is 12.5. The van der Waals surface area contributed by atoms with Crippen LogP contribution in [0.2, 0.25) is 5.15 Å². The highest BCUT2D eigenvalue weighted by molar-refractivity contribution is 7.89. The van der Waals surface area contributed by atoms with Crippen LogP contribution in [0.4, 0.5) is 24.8 Å².